The number of H-pyrrole nitrogens is 1. The molecule has 1 amide bonds. The standard InChI is InChI=1S/C25H28N2O6/c1-30-21-9-5-4-8-19(21)25(29)27(15-18-7-6-10-33-18)14-17-11-16-12-22(31-2)23(32-3)13-20(16)26-24(17)28/h4-5,8-9,11-13,18H,6-7,10,14-15H2,1-3H3,(H,26,28). The van der Waals surface area contributed by atoms with Crippen molar-refractivity contribution in [2.24, 2.45) is 0 Å². The molecule has 33 heavy (non-hydrogen) atoms. The average molecular weight is 453 g/mol. The van der Waals surface area contributed by atoms with Crippen LogP contribution >= 0.6 is 0 Å². The van der Waals surface area contributed by atoms with Gasteiger partial charge in [0.2, 0.25) is 0 Å². The molecule has 8 heteroatoms. The molecule has 0 radical (unpaired) electrons. The number of fused-ring (bicyclic) bond motifs is 1. The summed E-state index contributed by atoms with van der Waals surface area (Å²) >= 11 is 0. The second-order valence-corrected chi connectivity index (χ2v) is 7.94. The molecule has 1 atom stereocenters. The Hall–Kier alpha value is -3.52. The number of amides is 1. The van der Waals surface area contributed by atoms with Gasteiger partial charge in [-0.2, -0.15) is 0 Å². The van der Waals surface area contributed by atoms with Crippen molar-refractivity contribution in [3.63, 3.8) is 0 Å². The summed E-state index contributed by atoms with van der Waals surface area (Å²) in [6.07, 6.45) is 1.77. The molecule has 2 heterocycles. The van der Waals surface area contributed by atoms with Crippen molar-refractivity contribution in [1.29, 1.82) is 0 Å². The van der Waals surface area contributed by atoms with Gasteiger partial charge >= 0.3 is 0 Å². The number of aromatic amines is 1. The van der Waals surface area contributed by atoms with Crippen LogP contribution in [0.1, 0.15) is 28.8 Å². The Bertz CT molecular complexity index is 1200. The van der Waals surface area contributed by atoms with Crippen LogP contribution in [-0.4, -0.2) is 56.4 Å². The summed E-state index contributed by atoms with van der Waals surface area (Å²) in [5.41, 5.74) is 1.28. The number of hydrogen-bond acceptors (Lipinski definition) is 6. The number of nitrogens with zero attached hydrogens (tertiary/aromatic N) is 1. The van der Waals surface area contributed by atoms with E-state index in [1.54, 1.807) is 55.5 Å². The summed E-state index contributed by atoms with van der Waals surface area (Å²) in [5.74, 6) is 1.36. The monoisotopic (exact) mass is 452 g/mol. The fourth-order valence-corrected chi connectivity index (χ4v) is 4.15. The SMILES string of the molecule is COc1cc2cc(CN(CC3CCCO3)C(=O)c3ccccc3OC)c(=O)[nH]c2cc1OC. The van der Waals surface area contributed by atoms with Gasteiger partial charge in [-0.15, -0.1) is 0 Å². The number of nitrogens with one attached hydrogen (secondary N) is 1. The highest BCUT2D eigenvalue weighted by atomic mass is 16.5. The lowest BCUT2D eigenvalue weighted by atomic mass is 10.1. The molecule has 2 aromatic carbocycles. The average Bonchev–Trinajstić information content (AvgIpc) is 3.36. The highest BCUT2D eigenvalue weighted by molar-refractivity contribution is 5.97. The molecular formula is C25H28N2O6. The number of rotatable bonds is 8. The maximum atomic E-state index is 13.5. The van der Waals surface area contributed by atoms with E-state index in [0.29, 0.717) is 47.0 Å². The Balaban J connectivity index is 1.71. The topological polar surface area (TPSA) is 90.1 Å². The van der Waals surface area contributed by atoms with Gasteiger partial charge in [0.05, 0.1) is 45.1 Å². The smallest absolute Gasteiger partial charge is 0.258 e. The molecule has 0 aliphatic carbocycles. The van der Waals surface area contributed by atoms with Gasteiger partial charge in [-0.3, -0.25) is 9.59 Å². The van der Waals surface area contributed by atoms with Crippen LogP contribution in [-0.2, 0) is 11.3 Å². The minimum atomic E-state index is -0.264. The van der Waals surface area contributed by atoms with E-state index in [9.17, 15) is 9.59 Å². The maximum absolute atomic E-state index is 13.5. The number of pyridine rings is 1. The summed E-state index contributed by atoms with van der Waals surface area (Å²) in [6, 6.07) is 12.4. The third kappa shape index (κ3) is 4.80. The van der Waals surface area contributed by atoms with E-state index in [-0.39, 0.29) is 24.1 Å². The highest BCUT2D eigenvalue weighted by Gasteiger charge is 2.26. The first kappa shape index (κ1) is 22.7. The lowest BCUT2D eigenvalue weighted by Gasteiger charge is -2.26. The number of aromatic nitrogens is 1. The minimum Gasteiger partial charge on any atom is -0.496 e. The van der Waals surface area contributed by atoms with Gasteiger partial charge in [0.15, 0.2) is 11.5 Å². The van der Waals surface area contributed by atoms with E-state index in [1.165, 1.54) is 7.11 Å². The lowest BCUT2D eigenvalue weighted by molar-refractivity contribution is 0.0504. The second kappa shape index (κ2) is 9.95. The van der Waals surface area contributed by atoms with Gasteiger partial charge in [0, 0.05) is 30.2 Å². The molecule has 0 bridgehead atoms. The first-order valence-electron chi connectivity index (χ1n) is 10.9. The second-order valence-electron chi connectivity index (χ2n) is 7.94. The molecule has 1 fully saturated rings. The number of ether oxygens (including phenoxy) is 4. The van der Waals surface area contributed by atoms with Crippen LogP contribution in [0, 0.1) is 0 Å². The van der Waals surface area contributed by atoms with E-state index < -0.39 is 0 Å². The zero-order valence-electron chi connectivity index (χ0n) is 19.1. The molecule has 174 valence electrons. The van der Waals surface area contributed by atoms with Crippen molar-refractivity contribution < 1.29 is 23.7 Å². The Morgan fingerprint density at radius 1 is 1.06 bits per heavy atom. The minimum absolute atomic E-state index is 0.0625. The molecule has 1 aromatic heterocycles. The summed E-state index contributed by atoms with van der Waals surface area (Å²) < 4.78 is 21.9. The third-order valence-electron chi connectivity index (χ3n) is 5.86. The van der Waals surface area contributed by atoms with Crippen LogP contribution in [0.4, 0.5) is 0 Å². The van der Waals surface area contributed by atoms with Crippen molar-refractivity contribution in [2.45, 2.75) is 25.5 Å². The molecule has 0 saturated carbocycles. The number of carbonyl (C=O) groups is 1. The molecule has 0 spiro atoms. The quantitative estimate of drug-likeness (QED) is 0.564. The molecule has 1 aliphatic rings. The van der Waals surface area contributed by atoms with Crippen LogP contribution in [0.25, 0.3) is 10.9 Å². The Labute approximate surface area is 192 Å². The largest absolute Gasteiger partial charge is 0.496 e. The molecule has 1 N–H and O–H groups in total. The van der Waals surface area contributed by atoms with E-state index in [2.05, 4.69) is 4.98 Å². The molecule has 3 aromatic rings. The lowest BCUT2D eigenvalue weighted by Crippen LogP contribution is -2.38. The van der Waals surface area contributed by atoms with Gasteiger partial charge in [0.1, 0.15) is 5.75 Å². The van der Waals surface area contributed by atoms with E-state index in [0.717, 1.165) is 18.2 Å². The third-order valence-corrected chi connectivity index (χ3v) is 5.86. The maximum Gasteiger partial charge on any atom is 0.258 e. The van der Waals surface area contributed by atoms with Crippen molar-refractivity contribution in [3.8, 4) is 17.2 Å². The van der Waals surface area contributed by atoms with Crippen LogP contribution in [0.5, 0.6) is 17.2 Å². The van der Waals surface area contributed by atoms with Gasteiger partial charge in [-0.25, -0.2) is 0 Å². The molecular weight excluding hydrogens is 424 g/mol. The molecule has 4 rings (SSSR count). The summed E-state index contributed by atoms with van der Waals surface area (Å²) in [6.45, 7) is 1.20. The summed E-state index contributed by atoms with van der Waals surface area (Å²) in [4.78, 5) is 31.0. The fraction of sp³-hybridized carbons (Fsp3) is 0.360. The Morgan fingerprint density at radius 3 is 2.48 bits per heavy atom. The van der Waals surface area contributed by atoms with Crippen LogP contribution < -0.4 is 19.8 Å². The van der Waals surface area contributed by atoms with E-state index in [4.69, 9.17) is 18.9 Å². The normalized spacial score (nSPS) is 15.4. The van der Waals surface area contributed by atoms with E-state index >= 15 is 0 Å². The van der Waals surface area contributed by atoms with Gasteiger partial charge in [-0.05, 0) is 37.1 Å². The van der Waals surface area contributed by atoms with Gasteiger partial charge in [-0.1, -0.05) is 12.1 Å². The van der Waals surface area contributed by atoms with Crippen molar-refractivity contribution in [1.82, 2.24) is 9.88 Å². The Morgan fingerprint density at radius 2 is 1.79 bits per heavy atom. The van der Waals surface area contributed by atoms with Crippen molar-refractivity contribution in [3.05, 3.63) is 63.9 Å². The van der Waals surface area contributed by atoms with Crippen LogP contribution in [0.2, 0.25) is 0 Å². The predicted molar refractivity (Wildman–Crippen MR) is 124 cm³/mol. The molecule has 1 aliphatic heterocycles. The van der Waals surface area contributed by atoms with E-state index in [1.807, 2.05) is 6.07 Å². The van der Waals surface area contributed by atoms with Crippen LogP contribution in [0.3, 0.4) is 0 Å². The summed E-state index contributed by atoms with van der Waals surface area (Å²) in [7, 11) is 4.64. The zero-order valence-corrected chi connectivity index (χ0v) is 19.1. The van der Waals surface area contributed by atoms with Crippen molar-refractivity contribution in [2.75, 3.05) is 34.5 Å². The number of para-hydroxylation sites is 1. The molecule has 1 unspecified atom stereocenters. The first-order valence-corrected chi connectivity index (χ1v) is 10.9. The fourth-order valence-electron chi connectivity index (χ4n) is 4.15. The summed E-state index contributed by atoms with van der Waals surface area (Å²) in [5, 5.41) is 0.782. The molecule has 8 nitrogen and oxygen atoms in total. The van der Waals surface area contributed by atoms with Crippen molar-refractivity contribution >= 4 is 16.8 Å². The van der Waals surface area contributed by atoms with Gasteiger partial charge in [0.25, 0.3) is 11.5 Å². The first-order chi connectivity index (χ1) is 16.0. The van der Waals surface area contributed by atoms with Crippen LogP contribution in [0.15, 0.2) is 47.3 Å². The Kier molecular flexibility index (Phi) is 6.84. The highest BCUT2D eigenvalue weighted by Crippen LogP contribution is 2.31. The number of hydrogen-bond donors (Lipinski definition) is 1. The number of carbonyl (C=O) groups excluding carboxylic acids is 1. The predicted octanol–water partition coefficient (Wildman–Crippen LogP) is 3.38. The zero-order chi connectivity index (χ0) is 23.4. The molecule has 1 saturated heterocycles. The number of benzene rings is 2. The van der Waals surface area contributed by atoms with Gasteiger partial charge < -0.3 is 28.8 Å². The number of methoxy groups -OCH3 is 3.